The summed E-state index contributed by atoms with van der Waals surface area (Å²) in [6, 6.07) is 7.51. The third-order valence-corrected chi connectivity index (χ3v) is 4.43. The summed E-state index contributed by atoms with van der Waals surface area (Å²) in [6.07, 6.45) is 2.64. The Morgan fingerprint density at radius 2 is 2.14 bits per heavy atom. The molecule has 2 aliphatic rings. The number of carbonyl (C=O) groups excluding carboxylic acids is 1. The van der Waals surface area contributed by atoms with Crippen molar-refractivity contribution in [3.8, 4) is 0 Å². The Labute approximate surface area is 123 Å². The van der Waals surface area contributed by atoms with Crippen molar-refractivity contribution in [2.24, 2.45) is 0 Å². The molecule has 21 heavy (non-hydrogen) atoms. The molecule has 1 fully saturated rings. The van der Waals surface area contributed by atoms with Crippen LogP contribution in [0.3, 0.4) is 0 Å². The van der Waals surface area contributed by atoms with E-state index in [0.29, 0.717) is 6.54 Å². The molecule has 2 heterocycles. The van der Waals surface area contributed by atoms with Crippen molar-refractivity contribution in [2.75, 3.05) is 13.1 Å². The van der Waals surface area contributed by atoms with E-state index in [1.54, 1.807) is 4.90 Å². The Kier molecular flexibility index (Phi) is 3.92. The molecule has 0 bridgehead atoms. The van der Waals surface area contributed by atoms with Gasteiger partial charge in [-0.05, 0) is 30.4 Å². The zero-order chi connectivity index (χ0) is 14.8. The highest BCUT2D eigenvalue weighted by Crippen LogP contribution is 2.28. The lowest BCUT2D eigenvalue weighted by atomic mass is 9.93. The lowest BCUT2D eigenvalue weighted by Gasteiger charge is -2.32. The molecule has 0 saturated carbocycles. The minimum Gasteiger partial charge on any atom is -0.481 e. The number of likely N-dealkylation sites (tertiary alicyclic amines) is 1. The van der Waals surface area contributed by atoms with Crippen LogP contribution in [0, 0.1) is 0 Å². The predicted molar refractivity (Wildman–Crippen MR) is 77.9 cm³/mol. The second kappa shape index (κ2) is 5.85. The first-order valence-electron chi connectivity index (χ1n) is 7.50. The van der Waals surface area contributed by atoms with Crippen molar-refractivity contribution >= 4 is 11.9 Å². The molecule has 3 rings (SSSR count). The molecule has 2 N–H and O–H groups in total. The Balaban J connectivity index is 1.81. The molecule has 2 aliphatic heterocycles. The van der Waals surface area contributed by atoms with Gasteiger partial charge < -0.3 is 15.3 Å². The molecule has 0 spiro atoms. The summed E-state index contributed by atoms with van der Waals surface area (Å²) in [5.74, 6) is -0.817. The van der Waals surface area contributed by atoms with Gasteiger partial charge in [-0.25, -0.2) is 0 Å². The van der Waals surface area contributed by atoms with Crippen molar-refractivity contribution < 1.29 is 14.7 Å². The number of benzene rings is 1. The first-order valence-corrected chi connectivity index (χ1v) is 7.50. The Bertz CT molecular complexity index is 558. The van der Waals surface area contributed by atoms with E-state index in [-0.39, 0.29) is 24.4 Å². The minimum absolute atomic E-state index is 0.0194. The molecule has 2 unspecified atom stereocenters. The van der Waals surface area contributed by atoms with Crippen LogP contribution in [0.5, 0.6) is 0 Å². The zero-order valence-electron chi connectivity index (χ0n) is 11.9. The minimum atomic E-state index is -0.836. The van der Waals surface area contributed by atoms with Crippen molar-refractivity contribution in [1.29, 1.82) is 0 Å². The van der Waals surface area contributed by atoms with E-state index in [2.05, 4.69) is 11.4 Å². The van der Waals surface area contributed by atoms with E-state index in [1.807, 2.05) is 18.2 Å². The van der Waals surface area contributed by atoms with Crippen LogP contribution in [0.1, 0.15) is 36.4 Å². The number of nitrogens with zero attached hydrogens (tertiary/aromatic N) is 1. The topological polar surface area (TPSA) is 69.6 Å². The highest BCUT2D eigenvalue weighted by Gasteiger charge is 2.36. The van der Waals surface area contributed by atoms with Crippen LogP contribution in [0.2, 0.25) is 0 Å². The monoisotopic (exact) mass is 288 g/mol. The molecule has 1 saturated heterocycles. The van der Waals surface area contributed by atoms with Crippen LogP contribution in [0.15, 0.2) is 24.3 Å². The van der Waals surface area contributed by atoms with E-state index < -0.39 is 5.97 Å². The summed E-state index contributed by atoms with van der Waals surface area (Å²) >= 11 is 0. The quantitative estimate of drug-likeness (QED) is 0.880. The summed E-state index contributed by atoms with van der Waals surface area (Å²) in [6.45, 7) is 1.45. The SMILES string of the molecule is O=C(O)CC1CCCN1C(=O)C1NCCc2ccccc21. The van der Waals surface area contributed by atoms with Gasteiger partial charge in [-0.3, -0.25) is 9.59 Å². The van der Waals surface area contributed by atoms with Gasteiger partial charge in [0.25, 0.3) is 0 Å². The van der Waals surface area contributed by atoms with Crippen LogP contribution in [-0.4, -0.2) is 41.0 Å². The second-order valence-electron chi connectivity index (χ2n) is 5.76. The fourth-order valence-corrected chi connectivity index (χ4v) is 3.43. The Hall–Kier alpha value is -1.88. The molecular formula is C16H20N2O3. The maximum absolute atomic E-state index is 12.8. The van der Waals surface area contributed by atoms with Crippen LogP contribution < -0.4 is 5.32 Å². The van der Waals surface area contributed by atoms with E-state index in [0.717, 1.165) is 31.4 Å². The van der Waals surface area contributed by atoms with Gasteiger partial charge in [0.15, 0.2) is 0 Å². The number of rotatable bonds is 3. The molecule has 5 heteroatoms. The lowest BCUT2D eigenvalue weighted by molar-refractivity contribution is -0.140. The average molecular weight is 288 g/mol. The van der Waals surface area contributed by atoms with E-state index in [9.17, 15) is 9.59 Å². The molecule has 0 radical (unpaired) electrons. The number of aliphatic carboxylic acids is 1. The predicted octanol–water partition coefficient (Wildman–Crippen LogP) is 1.34. The first-order chi connectivity index (χ1) is 10.2. The van der Waals surface area contributed by atoms with Crippen LogP contribution in [-0.2, 0) is 16.0 Å². The summed E-state index contributed by atoms with van der Waals surface area (Å²) in [7, 11) is 0. The molecule has 1 aromatic rings. The molecular weight excluding hydrogens is 268 g/mol. The Morgan fingerprint density at radius 3 is 2.95 bits per heavy atom. The number of carboxylic acid groups (broad SMARTS) is 1. The van der Waals surface area contributed by atoms with E-state index >= 15 is 0 Å². The zero-order valence-corrected chi connectivity index (χ0v) is 11.9. The summed E-state index contributed by atoms with van der Waals surface area (Å²) in [4.78, 5) is 25.5. The number of fused-ring (bicyclic) bond motifs is 1. The third-order valence-electron chi connectivity index (χ3n) is 4.43. The molecule has 0 aliphatic carbocycles. The molecule has 112 valence electrons. The maximum atomic E-state index is 12.8. The van der Waals surface area contributed by atoms with Crippen LogP contribution in [0.4, 0.5) is 0 Å². The Morgan fingerprint density at radius 1 is 1.33 bits per heavy atom. The molecule has 5 nitrogen and oxygen atoms in total. The van der Waals surface area contributed by atoms with Gasteiger partial charge in [0.05, 0.1) is 6.42 Å². The van der Waals surface area contributed by atoms with Gasteiger partial charge in [0.1, 0.15) is 6.04 Å². The number of hydrogen-bond donors (Lipinski definition) is 2. The standard InChI is InChI=1S/C16H20N2O3/c19-14(20)10-12-5-3-9-18(12)16(21)15-13-6-2-1-4-11(13)7-8-17-15/h1-2,4,6,12,15,17H,3,5,7-10H2,(H,19,20). The average Bonchev–Trinajstić information content (AvgIpc) is 2.93. The third kappa shape index (κ3) is 2.78. The van der Waals surface area contributed by atoms with Gasteiger partial charge in [0.2, 0.25) is 5.91 Å². The largest absolute Gasteiger partial charge is 0.481 e. The first kappa shape index (κ1) is 14.1. The van der Waals surface area contributed by atoms with Gasteiger partial charge >= 0.3 is 5.97 Å². The summed E-state index contributed by atoms with van der Waals surface area (Å²) in [5.41, 5.74) is 2.25. The highest BCUT2D eigenvalue weighted by atomic mass is 16.4. The molecule has 1 amide bonds. The van der Waals surface area contributed by atoms with Gasteiger partial charge in [-0.2, -0.15) is 0 Å². The molecule has 2 atom stereocenters. The van der Waals surface area contributed by atoms with Crippen molar-refractivity contribution in [1.82, 2.24) is 10.2 Å². The smallest absolute Gasteiger partial charge is 0.305 e. The lowest BCUT2D eigenvalue weighted by Crippen LogP contribution is -2.46. The van der Waals surface area contributed by atoms with Gasteiger partial charge in [0, 0.05) is 19.1 Å². The number of amides is 1. The number of carboxylic acids is 1. The fraction of sp³-hybridized carbons (Fsp3) is 0.500. The normalized spacial score (nSPS) is 24.7. The number of carbonyl (C=O) groups is 2. The van der Waals surface area contributed by atoms with E-state index in [1.165, 1.54) is 5.56 Å². The van der Waals surface area contributed by atoms with E-state index in [4.69, 9.17) is 5.11 Å². The van der Waals surface area contributed by atoms with Crippen molar-refractivity contribution in [3.63, 3.8) is 0 Å². The van der Waals surface area contributed by atoms with Gasteiger partial charge in [-0.1, -0.05) is 24.3 Å². The molecule has 0 aromatic heterocycles. The van der Waals surface area contributed by atoms with Crippen molar-refractivity contribution in [3.05, 3.63) is 35.4 Å². The maximum Gasteiger partial charge on any atom is 0.305 e. The molecule has 1 aromatic carbocycles. The highest BCUT2D eigenvalue weighted by molar-refractivity contribution is 5.85. The number of nitrogens with one attached hydrogen (secondary N) is 1. The van der Waals surface area contributed by atoms with Crippen LogP contribution in [0.25, 0.3) is 0 Å². The van der Waals surface area contributed by atoms with Gasteiger partial charge in [-0.15, -0.1) is 0 Å². The summed E-state index contributed by atoms with van der Waals surface area (Å²) < 4.78 is 0. The van der Waals surface area contributed by atoms with Crippen LogP contribution >= 0.6 is 0 Å². The van der Waals surface area contributed by atoms with Crippen molar-refractivity contribution in [2.45, 2.75) is 37.8 Å². The summed E-state index contributed by atoms with van der Waals surface area (Å²) in [5, 5.41) is 12.3. The fourth-order valence-electron chi connectivity index (χ4n) is 3.43. The second-order valence-corrected chi connectivity index (χ2v) is 5.76. The number of hydrogen-bond acceptors (Lipinski definition) is 3.